The first kappa shape index (κ1) is 103. The molecule has 0 amide bonds. The zero-order chi connectivity index (χ0) is 104. The van der Waals surface area contributed by atoms with E-state index in [9.17, 15) is 34.2 Å². The first-order chi connectivity index (χ1) is 69.9. The van der Waals surface area contributed by atoms with Gasteiger partial charge in [-0.3, -0.25) is 9.25 Å². The van der Waals surface area contributed by atoms with Gasteiger partial charge >= 0.3 is 0 Å². The standard InChI is InChI=1S/C29H29N3O2.C26H29N3O.C25H27N3O2.C22H23N3O2.C19H21N5O/c1-20-23-14-15-25-28(29(23,2)18-24(30-3)27(20)33)31-26(32(25)22-12-8-5-9-13-22)16-17-34-19-21-10-6-4-7-11-21;1-16(2)10-11-19-8-7-9-20(14-19)29-18(4)28-25-23(29)13-12-21-17(3)24(30)22(27-6)15-26(21,25)5;1-15(29)9-10-18-7-6-8-19(13-18)28-17(3)27-24-22(28)12-11-20-16(2)23(30)21(26-5)14-25(20,24)4;1-14-16-9-10-18-21(22(16,2)13-17(23-3)20(14)27)24-19(11-12-26)25(18)15-7-5-4-6-8-15;1-11-14-6-7-16-18(19(14,3)8-15(20-4)17(11)25)22-12(2)24(16)13-9-21-23(5)10-13/h4-13,18,20,23H,14-17,19H2,1-2H3;7-9,14-15,17,21H,1,10-13H2,2-5H3;6-8,13-14,16,20,29H,1,9-12H2,2-4H3;4-8,13-14,16,26H,9-12H2,1-2H3;8-11,14H,6-7H2,1-3,5H3/t20-,23-,29-;17-,21-,26-;16-,20-,25-;14-,16-,22-;11-,14-,19-/m00000/s1. The van der Waals surface area contributed by atoms with Crippen molar-refractivity contribution >= 4 is 28.9 Å². The molecule has 11 aromatic rings. The summed E-state index contributed by atoms with van der Waals surface area (Å²) in [5.74, 6) is 4.65. The Hall–Kier alpha value is -14.9. The average Bonchev–Trinajstić information content (AvgIpc) is 1.55. The molecular weight excluding hydrogens is 1820 g/mol. The molecular formula is C121H129N17O8. The van der Waals surface area contributed by atoms with E-state index in [1.807, 2.05) is 178 Å². The van der Waals surface area contributed by atoms with Crippen molar-refractivity contribution < 1.29 is 38.9 Å². The fraction of sp³-hybridized carbons (Fsp3) is 0.405. The van der Waals surface area contributed by atoms with E-state index < -0.39 is 16.2 Å². The minimum Gasteiger partial charge on any atom is -0.513 e. The number of aliphatic hydroxyl groups excluding tert-OH is 2. The third-order valence-electron chi connectivity index (χ3n) is 33.3. The van der Waals surface area contributed by atoms with Crippen LogP contribution in [0.4, 0.5) is 0 Å². The number of aromatic nitrogens is 12. The number of aliphatic hydroxyl groups is 2. The van der Waals surface area contributed by atoms with Gasteiger partial charge in [-0.25, -0.2) is 49.1 Å². The van der Waals surface area contributed by atoms with Crippen LogP contribution in [0.2, 0.25) is 0 Å². The molecule has 0 unspecified atom stereocenters. The Morgan fingerprint density at radius 2 is 0.692 bits per heavy atom. The number of imidazole rings is 5. The number of nitrogens with zero attached hydrogens (tertiary/aromatic N) is 17. The predicted octanol–water partition coefficient (Wildman–Crippen LogP) is 22.0. The lowest BCUT2D eigenvalue weighted by Gasteiger charge is -2.44. The molecule has 0 saturated heterocycles. The van der Waals surface area contributed by atoms with Crippen LogP contribution in [0.1, 0.15) is 224 Å². The summed E-state index contributed by atoms with van der Waals surface area (Å²) in [4.78, 5) is 105. The molecule has 0 saturated carbocycles. The van der Waals surface area contributed by atoms with Crippen molar-refractivity contribution in [1.82, 2.24) is 57.5 Å². The van der Waals surface area contributed by atoms with Gasteiger partial charge in [-0.1, -0.05) is 203 Å². The molecule has 2 N–H and O–H groups in total. The van der Waals surface area contributed by atoms with E-state index in [4.69, 9.17) is 62.5 Å². The average molecular weight is 1950 g/mol. The molecule has 146 heavy (non-hydrogen) atoms. The summed E-state index contributed by atoms with van der Waals surface area (Å²) in [6, 6.07) is 47.5. The Balaban J connectivity index is 0.000000125. The zero-order valence-corrected chi connectivity index (χ0v) is 86.4. The fourth-order valence-corrected chi connectivity index (χ4v) is 25.9. The van der Waals surface area contributed by atoms with Crippen molar-refractivity contribution in [2.24, 2.45) is 66.2 Å². The normalized spacial score (nSPS) is 25.6. The van der Waals surface area contributed by atoms with E-state index in [1.165, 1.54) is 28.2 Å². The minimum absolute atomic E-state index is 0.0164. The number of hydrogen-bond acceptors (Lipinski definition) is 14. The molecule has 0 fully saturated rings. The van der Waals surface area contributed by atoms with E-state index in [0.717, 1.165) is 192 Å². The Morgan fingerprint density at radius 1 is 0.397 bits per heavy atom. The number of ether oxygens (including phenoxy) is 1. The lowest BCUT2D eigenvalue weighted by atomic mass is 9.59. The van der Waals surface area contributed by atoms with Gasteiger partial charge in [0.1, 0.15) is 29.1 Å². The van der Waals surface area contributed by atoms with Crippen molar-refractivity contribution in [3.8, 4) is 28.4 Å². The maximum Gasteiger partial charge on any atom is 0.226 e. The lowest BCUT2D eigenvalue weighted by Crippen LogP contribution is -2.45. The van der Waals surface area contributed by atoms with Crippen LogP contribution in [0.25, 0.3) is 52.7 Å². The van der Waals surface area contributed by atoms with Crippen molar-refractivity contribution in [3.05, 3.63) is 395 Å². The van der Waals surface area contributed by atoms with Crippen LogP contribution >= 0.6 is 0 Å². The second-order valence-corrected chi connectivity index (χ2v) is 42.5. The largest absolute Gasteiger partial charge is 0.513 e. The number of para-hydroxylation sites is 2. The quantitative estimate of drug-likeness (QED) is 0.0350. The maximum absolute atomic E-state index is 12.7. The summed E-state index contributed by atoms with van der Waals surface area (Å²) in [5, 5.41) is 23.3. The van der Waals surface area contributed by atoms with Crippen LogP contribution in [-0.4, -0.2) is 110 Å². The molecule has 0 aliphatic heterocycles. The summed E-state index contributed by atoms with van der Waals surface area (Å²) in [6.07, 6.45) is 26.4. The van der Waals surface area contributed by atoms with Crippen molar-refractivity contribution in [2.45, 2.75) is 233 Å². The van der Waals surface area contributed by atoms with E-state index >= 15 is 0 Å². The summed E-state index contributed by atoms with van der Waals surface area (Å²) in [5.41, 5.74) is 20.2. The molecule has 0 radical (unpaired) electrons. The number of fused-ring (bicyclic) bond motifs is 15. The Morgan fingerprint density at radius 3 is 1.00 bits per heavy atom. The molecule has 746 valence electrons. The highest BCUT2D eigenvalue weighted by atomic mass is 16.5. The molecule has 6 aromatic heterocycles. The molecule has 0 bridgehead atoms. The fourth-order valence-electron chi connectivity index (χ4n) is 25.9. The predicted molar refractivity (Wildman–Crippen MR) is 563 cm³/mol. The van der Waals surface area contributed by atoms with E-state index in [0.29, 0.717) is 32.5 Å². The first-order valence-electron chi connectivity index (χ1n) is 51.1. The molecule has 6 heterocycles. The third kappa shape index (κ3) is 18.5. The van der Waals surface area contributed by atoms with Crippen LogP contribution in [0.5, 0.6) is 0 Å². The number of Topliss-reactive ketones (excluding diaryl/α,β-unsaturated/α-hetero) is 5. The van der Waals surface area contributed by atoms with Gasteiger partial charge in [0.15, 0.2) is 28.9 Å². The molecule has 0 spiro atoms. The number of ketones is 5. The minimum atomic E-state index is -0.439. The summed E-state index contributed by atoms with van der Waals surface area (Å²) in [6.45, 7) is 74.6. The molecule has 10 aliphatic carbocycles. The van der Waals surface area contributed by atoms with Gasteiger partial charge in [0, 0.05) is 140 Å². The Kier molecular flexibility index (Phi) is 29.0. The van der Waals surface area contributed by atoms with E-state index in [-0.39, 0.29) is 140 Å². The molecule has 5 aromatic carbocycles. The zero-order valence-electron chi connectivity index (χ0n) is 86.4. The second kappa shape index (κ2) is 41.3. The topological polar surface area (TPSA) is 264 Å². The second-order valence-electron chi connectivity index (χ2n) is 42.5. The first-order valence-corrected chi connectivity index (χ1v) is 51.1. The van der Waals surface area contributed by atoms with Gasteiger partial charge in [-0.2, -0.15) is 5.10 Å². The van der Waals surface area contributed by atoms with Crippen LogP contribution in [0.3, 0.4) is 0 Å². The lowest BCUT2D eigenvalue weighted by molar-refractivity contribution is -0.122. The molecule has 15 atom stereocenters. The van der Waals surface area contributed by atoms with Gasteiger partial charge in [-0.15, -0.1) is 6.58 Å². The number of rotatable bonds is 18. The van der Waals surface area contributed by atoms with Crippen LogP contribution in [0, 0.1) is 113 Å². The van der Waals surface area contributed by atoms with Gasteiger partial charge in [0.25, 0.3) is 0 Å². The molecule has 25 heteroatoms. The number of hydrogen-bond donors (Lipinski definition) is 2. The van der Waals surface area contributed by atoms with Gasteiger partial charge in [0.2, 0.25) is 28.5 Å². The van der Waals surface area contributed by atoms with Crippen molar-refractivity contribution in [1.29, 1.82) is 0 Å². The van der Waals surface area contributed by atoms with Gasteiger partial charge in [-0.05, 0) is 206 Å². The number of aryl methyl sites for hydroxylation is 6. The SMILES string of the molecule is [C-]#[N+]C1=C[C@]2(C)c3nc(C)n(-c4cccc(CCC(=C)C)c4)c3CC[C@H]2[C@H](C)C1=O.[C-]#[N+]C1=C[C@]2(C)c3nc(C)n(-c4cccc(CCC(=C)O)c4)c3CC[C@H]2[C@H](C)C1=O.[C-]#[N+]C1=C[C@]2(C)c3nc(C)n(-c4cnn(C)c4)c3CC[C@H]2[C@H](C)C1=O.[C-]#[N+]C1=C[C@]2(C)c3nc(CCO)n(-c4ccccc4)c3CC[C@H]2[C@H](C)C1=O.[C-]#[N+]C1=C[C@]2(C)c3nc(CCOCc4ccccc4)n(-c4ccccc4)c3CC[C@H]2[C@H](C)C1=O. The number of carbonyl (C=O) groups is 5. The van der Waals surface area contributed by atoms with Crippen molar-refractivity contribution in [3.63, 3.8) is 0 Å². The number of benzene rings is 5. The highest BCUT2D eigenvalue weighted by Gasteiger charge is 2.56. The number of allylic oxidation sites excluding steroid dienone is 12. The van der Waals surface area contributed by atoms with Gasteiger partial charge < -0.3 is 57.2 Å². The van der Waals surface area contributed by atoms with Crippen LogP contribution < -0.4 is 0 Å². The highest BCUT2D eigenvalue weighted by Crippen LogP contribution is 2.57. The van der Waals surface area contributed by atoms with Crippen molar-refractivity contribution in [2.75, 3.05) is 13.2 Å². The molecule has 10 aliphatic rings. The highest BCUT2D eigenvalue weighted by molar-refractivity contribution is 6.03. The molecule has 25 nitrogen and oxygen atoms in total. The smallest absolute Gasteiger partial charge is 0.226 e. The maximum atomic E-state index is 12.7. The summed E-state index contributed by atoms with van der Waals surface area (Å²) < 4.78 is 18.8. The Labute approximate surface area is 856 Å². The monoisotopic (exact) mass is 1950 g/mol. The number of carbonyl (C=O) groups excluding carboxylic acids is 5. The molecule has 21 rings (SSSR count). The van der Waals surface area contributed by atoms with E-state index in [2.05, 4.69) is 174 Å². The van der Waals surface area contributed by atoms with Crippen LogP contribution in [-0.2, 0) is 127 Å². The van der Waals surface area contributed by atoms with Crippen LogP contribution in [0.15, 0.2) is 235 Å². The summed E-state index contributed by atoms with van der Waals surface area (Å²) in [7, 11) is 1.90. The third-order valence-corrected chi connectivity index (χ3v) is 33.3. The van der Waals surface area contributed by atoms with Gasteiger partial charge in [0.05, 0.1) is 98.8 Å². The summed E-state index contributed by atoms with van der Waals surface area (Å²) >= 11 is 0. The van der Waals surface area contributed by atoms with E-state index in [1.54, 1.807) is 4.68 Å². The Bertz CT molecular complexity index is 7270.